The largest absolute Gasteiger partial charge is 0.391 e. The summed E-state index contributed by atoms with van der Waals surface area (Å²) in [4.78, 5) is 8.73. The summed E-state index contributed by atoms with van der Waals surface area (Å²) >= 11 is 0. The van der Waals surface area contributed by atoms with Crippen LogP contribution in [0.15, 0.2) is 48.4 Å². The molecule has 3 aromatic heterocycles. The van der Waals surface area contributed by atoms with Crippen LogP contribution in [0.3, 0.4) is 0 Å². The summed E-state index contributed by atoms with van der Waals surface area (Å²) in [7, 11) is 1.85. The third-order valence-corrected chi connectivity index (χ3v) is 4.26. The summed E-state index contributed by atoms with van der Waals surface area (Å²) in [5.74, 6) is 0. The molecule has 6 heteroatoms. The summed E-state index contributed by atoms with van der Waals surface area (Å²) < 4.78 is 1.75. The minimum atomic E-state index is 0.345. The number of nitriles is 1. The van der Waals surface area contributed by atoms with Crippen molar-refractivity contribution in [3.05, 3.63) is 71.1 Å². The fraction of sp³-hybridized carbons (Fsp3) is 0.200. The van der Waals surface area contributed by atoms with E-state index in [9.17, 15) is 5.26 Å². The molecule has 130 valence electrons. The molecule has 0 aliphatic heterocycles. The average Bonchev–Trinajstić information content (AvgIpc) is 3.07. The molecule has 0 saturated heterocycles. The van der Waals surface area contributed by atoms with Crippen molar-refractivity contribution in [2.75, 3.05) is 7.05 Å². The molecular weight excluding hydrogens is 324 g/mol. The minimum Gasteiger partial charge on any atom is -0.391 e. The predicted octanol–water partition coefficient (Wildman–Crippen LogP) is 3.32. The molecular formula is C20H20N6. The molecule has 26 heavy (non-hydrogen) atoms. The number of hydrogen-bond donors (Lipinski definition) is 2. The lowest BCUT2D eigenvalue weighted by atomic mass is 9.96. The molecule has 0 unspecified atom stereocenters. The lowest BCUT2D eigenvalue weighted by Gasteiger charge is -2.16. The molecule has 3 heterocycles. The van der Waals surface area contributed by atoms with Gasteiger partial charge >= 0.3 is 0 Å². The van der Waals surface area contributed by atoms with E-state index in [0.29, 0.717) is 22.7 Å². The van der Waals surface area contributed by atoms with Gasteiger partial charge in [-0.15, -0.1) is 0 Å². The molecule has 6 nitrogen and oxygen atoms in total. The van der Waals surface area contributed by atoms with Crippen LogP contribution in [0.1, 0.15) is 36.0 Å². The van der Waals surface area contributed by atoms with Gasteiger partial charge in [-0.1, -0.05) is 13.0 Å². The standard InChI is InChI=1S/C20H20N6/c1-4-16(23-3)19(20(22)17-7-5-6-13(2)25-17)14-8-9-18-24-11-15(10-21)26(18)12-14/h5-9,11-12,22-23H,4H2,1-3H3/b19-16-,22-20?. The van der Waals surface area contributed by atoms with Crippen LogP contribution in [0.25, 0.3) is 11.2 Å². The molecule has 0 radical (unpaired) electrons. The van der Waals surface area contributed by atoms with Crippen molar-refractivity contribution in [2.24, 2.45) is 0 Å². The number of fused-ring (bicyclic) bond motifs is 1. The van der Waals surface area contributed by atoms with Gasteiger partial charge in [0.1, 0.15) is 17.4 Å². The molecule has 0 bridgehead atoms. The van der Waals surface area contributed by atoms with Crippen LogP contribution in [0.4, 0.5) is 0 Å². The summed E-state index contributed by atoms with van der Waals surface area (Å²) in [6.07, 6.45) is 4.15. The number of allylic oxidation sites excluding steroid dienone is 2. The van der Waals surface area contributed by atoms with Gasteiger partial charge in [0.05, 0.1) is 17.6 Å². The monoisotopic (exact) mass is 344 g/mol. The first-order valence-corrected chi connectivity index (χ1v) is 8.40. The van der Waals surface area contributed by atoms with Crippen LogP contribution in [-0.4, -0.2) is 27.1 Å². The fourth-order valence-corrected chi connectivity index (χ4v) is 2.97. The zero-order chi connectivity index (χ0) is 18.7. The highest BCUT2D eigenvalue weighted by Crippen LogP contribution is 2.24. The van der Waals surface area contributed by atoms with E-state index in [1.165, 1.54) is 0 Å². The second-order valence-corrected chi connectivity index (χ2v) is 5.90. The number of nitrogens with zero attached hydrogens (tertiary/aromatic N) is 4. The van der Waals surface area contributed by atoms with E-state index in [1.807, 2.05) is 57.4 Å². The zero-order valence-corrected chi connectivity index (χ0v) is 15.0. The quantitative estimate of drug-likeness (QED) is 0.695. The number of hydrogen-bond acceptors (Lipinski definition) is 5. The molecule has 0 amide bonds. The molecule has 0 saturated carbocycles. The second kappa shape index (κ2) is 7.19. The van der Waals surface area contributed by atoms with Crippen molar-refractivity contribution in [1.82, 2.24) is 19.7 Å². The van der Waals surface area contributed by atoms with E-state index in [2.05, 4.69) is 21.4 Å². The van der Waals surface area contributed by atoms with Crippen molar-refractivity contribution in [1.29, 1.82) is 10.7 Å². The number of aryl methyl sites for hydroxylation is 1. The van der Waals surface area contributed by atoms with Gasteiger partial charge in [0.25, 0.3) is 0 Å². The first kappa shape index (κ1) is 17.4. The van der Waals surface area contributed by atoms with Gasteiger partial charge in [-0.2, -0.15) is 5.26 Å². The van der Waals surface area contributed by atoms with Crippen LogP contribution >= 0.6 is 0 Å². The van der Waals surface area contributed by atoms with Crippen molar-refractivity contribution in [2.45, 2.75) is 20.3 Å². The van der Waals surface area contributed by atoms with E-state index in [-0.39, 0.29) is 0 Å². The lowest BCUT2D eigenvalue weighted by molar-refractivity contribution is 0.907. The van der Waals surface area contributed by atoms with E-state index in [4.69, 9.17) is 5.41 Å². The Morgan fingerprint density at radius 1 is 1.31 bits per heavy atom. The van der Waals surface area contributed by atoms with Crippen molar-refractivity contribution < 1.29 is 0 Å². The molecule has 0 aliphatic rings. The van der Waals surface area contributed by atoms with Gasteiger partial charge in [-0.3, -0.25) is 14.8 Å². The first-order chi connectivity index (χ1) is 12.6. The maximum absolute atomic E-state index is 9.29. The first-order valence-electron chi connectivity index (χ1n) is 8.40. The molecule has 3 aromatic rings. The Kier molecular flexibility index (Phi) is 4.81. The topological polar surface area (TPSA) is 89.9 Å². The van der Waals surface area contributed by atoms with Crippen LogP contribution < -0.4 is 5.32 Å². The molecule has 0 aliphatic carbocycles. The van der Waals surface area contributed by atoms with E-state index in [1.54, 1.807) is 10.6 Å². The zero-order valence-electron chi connectivity index (χ0n) is 15.0. The van der Waals surface area contributed by atoms with Crippen LogP contribution in [-0.2, 0) is 0 Å². The van der Waals surface area contributed by atoms with Gasteiger partial charge in [-0.05, 0) is 37.6 Å². The smallest absolute Gasteiger partial charge is 0.144 e. The molecule has 0 atom stereocenters. The third kappa shape index (κ3) is 3.07. The summed E-state index contributed by atoms with van der Waals surface area (Å²) in [6, 6.07) is 11.6. The lowest BCUT2D eigenvalue weighted by Crippen LogP contribution is -2.15. The Hall–Kier alpha value is -3.46. The highest BCUT2D eigenvalue weighted by atomic mass is 15.0. The Morgan fingerprint density at radius 2 is 2.12 bits per heavy atom. The highest BCUT2D eigenvalue weighted by Gasteiger charge is 2.17. The van der Waals surface area contributed by atoms with Crippen LogP contribution in [0, 0.1) is 23.7 Å². The predicted molar refractivity (Wildman–Crippen MR) is 102 cm³/mol. The molecule has 0 spiro atoms. The fourth-order valence-electron chi connectivity index (χ4n) is 2.97. The van der Waals surface area contributed by atoms with Crippen LogP contribution in [0.5, 0.6) is 0 Å². The third-order valence-electron chi connectivity index (χ3n) is 4.26. The van der Waals surface area contributed by atoms with Gasteiger partial charge in [-0.25, -0.2) is 4.98 Å². The highest BCUT2D eigenvalue weighted by molar-refractivity contribution is 6.30. The Bertz CT molecular complexity index is 1050. The molecule has 3 rings (SSSR count). The summed E-state index contributed by atoms with van der Waals surface area (Å²) in [5.41, 5.74) is 5.54. The Balaban J connectivity index is 2.21. The maximum Gasteiger partial charge on any atom is 0.144 e. The summed E-state index contributed by atoms with van der Waals surface area (Å²) in [6.45, 7) is 3.95. The number of pyridine rings is 2. The Labute approximate surface area is 152 Å². The van der Waals surface area contributed by atoms with E-state index >= 15 is 0 Å². The average molecular weight is 344 g/mol. The minimum absolute atomic E-state index is 0.345. The van der Waals surface area contributed by atoms with Crippen molar-refractivity contribution >= 4 is 16.9 Å². The maximum atomic E-state index is 9.29. The number of rotatable bonds is 5. The van der Waals surface area contributed by atoms with E-state index < -0.39 is 0 Å². The van der Waals surface area contributed by atoms with Gasteiger partial charge in [0.2, 0.25) is 0 Å². The molecule has 0 aromatic carbocycles. The number of aromatic nitrogens is 3. The van der Waals surface area contributed by atoms with Crippen molar-refractivity contribution in [3.8, 4) is 6.07 Å². The van der Waals surface area contributed by atoms with Gasteiger partial charge in [0, 0.05) is 35.8 Å². The Morgan fingerprint density at radius 3 is 2.77 bits per heavy atom. The molecule has 2 N–H and O–H groups in total. The second-order valence-electron chi connectivity index (χ2n) is 5.90. The van der Waals surface area contributed by atoms with Gasteiger partial charge in [0.15, 0.2) is 0 Å². The normalized spacial score (nSPS) is 11.8. The van der Waals surface area contributed by atoms with Crippen molar-refractivity contribution in [3.63, 3.8) is 0 Å². The number of nitrogens with one attached hydrogen (secondary N) is 2. The van der Waals surface area contributed by atoms with Crippen LogP contribution in [0.2, 0.25) is 0 Å². The summed E-state index contributed by atoms with van der Waals surface area (Å²) in [5, 5.41) is 21.3. The SMILES string of the molecule is CC/C(NC)=C(/C(=N)c1cccc(C)n1)c1ccc2ncc(C#N)n2c1. The molecule has 0 fully saturated rings. The number of imidazole rings is 1. The van der Waals surface area contributed by atoms with Gasteiger partial charge < -0.3 is 5.32 Å². The van der Waals surface area contributed by atoms with E-state index in [0.717, 1.165) is 28.9 Å².